The number of halogens is 2. The van der Waals surface area contributed by atoms with Crippen molar-refractivity contribution >= 4 is 22.8 Å². The van der Waals surface area contributed by atoms with Crippen molar-refractivity contribution in [3.05, 3.63) is 70.5 Å². The Morgan fingerprint density at radius 2 is 1.94 bits per heavy atom. The first-order chi connectivity index (χ1) is 16.3. The van der Waals surface area contributed by atoms with Gasteiger partial charge in [-0.1, -0.05) is 6.07 Å². The lowest BCUT2D eigenvalue weighted by Gasteiger charge is -2.35. The van der Waals surface area contributed by atoms with Gasteiger partial charge < -0.3 is 16.4 Å². The Hall–Kier alpha value is -4.79. The van der Waals surface area contributed by atoms with Crippen LogP contribution in [0.4, 0.5) is 13.6 Å². The number of aromatic amines is 1. The fraction of sp³-hybridized carbons (Fsp3) is 0.136. The highest BCUT2D eigenvalue weighted by Crippen LogP contribution is 2.39. The van der Waals surface area contributed by atoms with Crippen LogP contribution in [0, 0.1) is 23.0 Å². The molecule has 0 aliphatic carbocycles. The fourth-order valence-electron chi connectivity index (χ4n) is 4.36. The zero-order valence-electron chi connectivity index (χ0n) is 17.4. The van der Waals surface area contributed by atoms with Crippen molar-refractivity contribution in [3.63, 3.8) is 0 Å². The molecular formula is C22H16F2N8O2. The average Bonchev–Trinajstić information content (AvgIpc) is 3.43. The summed E-state index contributed by atoms with van der Waals surface area (Å²) in [5.41, 5.74) is 12.3. The number of benzene rings is 2. The molecule has 0 bridgehead atoms. The number of amides is 3. The van der Waals surface area contributed by atoms with Crippen molar-refractivity contribution in [1.82, 2.24) is 24.9 Å². The monoisotopic (exact) mass is 462 g/mol. The normalized spacial score (nSPS) is 15.2. The maximum atomic E-state index is 14.7. The molecule has 0 saturated carbocycles. The third-order valence-corrected chi connectivity index (χ3v) is 5.86. The van der Waals surface area contributed by atoms with Crippen LogP contribution in [0.3, 0.4) is 0 Å². The Labute approximate surface area is 190 Å². The van der Waals surface area contributed by atoms with E-state index in [1.165, 1.54) is 34.0 Å². The number of nitriles is 1. The molecule has 4 aromatic rings. The number of primary amides is 2. The Kier molecular flexibility index (Phi) is 4.75. The third kappa shape index (κ3) is 3.14. The molecule has 1 atom stereocenters. The molecular weight excluding hydrogens is 446 g/mol. The maximum Gasteiger partial charge on any atom is 0.315 e. The van der Waals surface area contributed by atoms with Crippen LogP contribution >= 0.6 is 0 Å². The van der Waals surface area contributed by atoms with Gasteiger partial charge in [0.15, 0.2) is 0 Å². The molecule has 2 aromatic heterocycles. The molecule has 3 amide bonds. The predicted octanol–water partition coefficient (Wildman–Crippen LogP) is 2.16. The second-order valence-electron chi connectivity index (χ2n) is 7.77. The largest absolute Gasteiger partial charge is 0.365 e. The first kappa shape index (κ1) is 21.1. The number of nitrogens with two attached hydrogens (primary N) is 2. The Morgan fingerprint density at radius 3 is 2.62 bits per heavy atom. The summed E-state index contributed by atoms with van der Waals surface area (Å²) in [6.45, 7) is 0.282. The lowest BCUT2D eigenvalue weighted by Crippen LogP contribution is -2.46. The van der Waals surface area contributed by atoms with Crippen molar-refractivity contribution in [3.8, 4) is 17.3 Å². The highest BCUT2D eigenvalue weighted by Gasteiger charge is 2.38. The quantitative estimate of drug-likeness (QED) is 0.425. The van der Waals surface area contributed by atoms with Crippen molar-refractivity contribution in [2.75, 3.05) is 6.54 Å². The van der Waals surface area contributed by atoms with Crippen LogP contribution in [0.2, 0.25) is 0 Å². The van der Waals surface area contributed by atoms with E-state index in [9.17, 15) is 18.4 Å². The summed E-state index contributed by atoms with van der Waals surface area (Å²) in [6, 6.07) is 6.54. The van der Waals surface area contributed by atoms with Crippen molar-refractivity contribution in [2.24, 2.45) is 11.5 Å². The molecule has 34 heavy (non-hydrogen) atoms. The maximum absolute atomic E-state index is 14.7. The summed E-state index contributed by atoms with van der Waals surface area (Å²) in [7, 11) is 0. The SMILES string of the molecule is N#Cc1ccc(C2c3c(C(N)=O)c(-c4cc(F)c5cn[nH]c5c4)nn3CCN2C(N)=O)cc1F. The number of aromatic nitrogens is 4. The van der Waals surface area contributed by atoms with E-state index < -0.39 is 29.6 Å². The van der Waals surface area contributed by atoms with Gasteiger partial charge in [-0.2, -0.15) is 15.5 Å². The van der Waals surface area contributed by atoms with E-state index in [0.717, 1.165) is 6.07 Å². The number of H-pyrrole nitrogens is 1. The van der Waals surface area contributed by atoms with Gasteiger partial charge in [0.05, 0.1) is 40.5 Å². The number of nitrogens with one attached hydrogen (secondary N) is 1. The van der Waals surface area contributed by atoms with Crippen LogP contribution in [-0.4, -0.2) is 43.4 Å². The molecule has 0 radical (unpaired) electrons. The highest BCUT2D eigenvalue weighted by atomic mass is 19.1. The minimum Gasteiger partial charge on any atom is -0.365 e. The molecule has 12 heteroatoms. The van der Waals surface area contributed by atoms with Crippen LogP contribution in [0.25, 0.3) is 22.2 Å². The van der Waals surface area contributed by atoms with Gasteiger partial charge in [-0.15, -0.1) is 0 Å². The molecule has 0 saturated heterocycles. The summed E-state index contributed by atoms with van der Waals surface area (Å²) in [4.78, 5) is 26.2. The van der Waals surface area contributed by atoms with E-state index in [4.69, 9.17) is 16.7 Å². The molecule has 1 aliphatic rings. The first-order valence-corrected chi connectivity index (χ1v) is 10.1. The predicted molar refractivity (Wildman–Crippen MR) is 115 cm³/mol. The zero-order valence-corrected chi connectivity index (χ0v) is 17.4. The van der Waals surface area contributed by atoms with E-state index in [1.54, 1.807) is 12.1 Å². The second-order valence-corrected chi connectivity index (χ2v) is 7.77. The van der Waals surface area contributed by atoms with Gasteiger partial charge in [0.25, 0.3) is 5.91 Å². The van der Waals surface area contributed by atoms with Gasteiger partial charge in [0, 0.05) is 12.1 Å². The molecule has 1 unspecified atom stereocenters. The van der Waals surface area contributed by atoms with E-state index in [-0.39, 0.29) is 52.1 Å². The van der Waals surface area contributed by atoms with Crippen LogP contribution in [-0.2, 0) is 6.54 Å². The molecule has 0 fully saturated rings. The summed E-state index contributed by atoms with van der Waals surface area (Å²) >= 11 is 0. The molecule has 5 rings (SSSR count). The molecule has 1 aliphatic heterocycles. The number of carbonyl (C=O) groups is 2. The van der Waals surface area contributed by atoms with E-state index in [1.807, 2.05) is 0 Å². The second kappa shape index (κ2) is 7.66. The molecule has 10 nitrogen and oxygen atoms in total. The topological polar surface area (TPSA) is 160 Å². The number of nitrogens with zero attached hydrogens (tertiary/aromatic N) is 5. The number of hydrogen-bond donors (Lipinski definition) is 3. The molecule has 0 spiro atoms. The molecule has 2 aromatic carbocycles. The number of urea groups is 1. The van der Waals surface area contributed by atoms with Gasteiger partial charge in [-0.3, -0.25) is 14.6 Å². The fourth-order valence-corrected chi connectivity index (χ4v) is 4.36. The number of fused-ring (bicyclic) bond motifs is 2. The Balaban J connectivity index is 1.77. The lowest BCUT2D eigenvalue weighted by molar-refractivity contribution is 0.0995. The third-order valence-electron chi connectivity index (χ3n) is 5.86. The summed E-state index contributed by atoms with van der Waals surface area (Å²) in [5.74, 6) is -2.24. The van der Waals surface area contributed by atoms with Gasteiger partial charge in [-0.25, -0.2) is 13.6 Å². The van der Waals surface area contributed by atoms with Gasteiger partial charge in [-0.05, 0) is 29.8 Å². The Morgan fingerprint density at radius 1 is 1.15 bits per heavy atom. The average molecular weight is 462 g/mol. The zero-order chi connectivity index (χ0) is 24.1. The Bertz CT molecular complexity index is 1530. The van der Waals surface area contributed by atoms with Crippen molar-refractivity contribution < 1.29 is 18.4 Å². The molecule has 170 valence electrons. The van der Waals surface area contributed by atoms with Gasteiger partial charge >= 0.3 is 6.03 Å². The van der Waals surface area contributed by atoms with E-state index in [0.29, 0.717) is 5.52 Å². The summed E-state index contributed by atoms with van der Waals surface area (Å²) in [5, 5.41) is 20.3. The van der Waals surface area contributed by atoms with Crippen molar-refractivity contribution in [2.45, 2.75) is 12.6 Å². The van der Waals surface area contributed by atoms with Crippen LogP contribution in [0.15, 0.2) is 36.5 Å². The van der Waals surface area contributed by atoms with Gasteiger partial charge in [0.2, 0.25) is 0 Å². The summed E-state index contributed by atoms with van der Waals surface area (Å²) in [6.07, 6.45) is 1.34. The van der Waals surface area contributed by atoms with Gasteiger partial charge in [0.1, 0.15) is 29.4 Å². The number of carbonyl (C=O) groups excluding carboxylic acids is 2. The smallest absolute Gasteiger partial charge is 0.315 e. The minimum atomic E-state index is -1.02. The minimum absolute atomic E-state index is 0.0565. The first-order valence-electron chi connectivity index (χ1n) is 10.1. The van der Waals surface area contributed by atoms with E-state index in [2.05, 4.69) is 15.3 Å². The lowest BCUT2D eigenvalue weighted by atomic mass is 9.93. The number of hydrogen-bond acceptors (Lipinski definition) is 5. The summed E-state index contributed by atoms with van der Waals surface area (Å²) < 4.78 is 30.6. The van der Waals surface area contributed by atoms with Crippen LogP contribution in [0.1, 0.15) is 33.2 Å². The number of rotatable bonds is 3. The van der Waals surface area contributed by atoms with Crippen molar-refractivity contribution in [1.29, 1.82) is 5.26 Å². The van der Waals surface area contributed by atoms with Crippen LogP contribution in [0.5, 0.6) is 0 Å². The van der Waals surface area contributed by atoms with Crippen LogP contribution < -0.4 is 11.5 Å². The standard InChI is InChI=1S/C22H16F2N8O2/c23-14-5-10(1-2-11(14)8-25)19-20-17(21(26)33)18(30-32(20)4-3-31(19)22(27)34)12-6-15(24)13-9-28-29-16(13)7-12/h1-2,5-7,9,19H,3-4H2,(H2,26,33)(H2,27,34)(H,28,29). The molecule has 5 N–H and O–H groups in total. The highest BCUT2D eigenvalue weighted by molar-refractivity contribution is 6.01. The molecule has 3 heterocycles. The van der Waals surface area contributed by atoms with E-state index >= 15 is 0 Å².